The van der Waals surface area contributed by atoms with E-state index in [-0.39, 0.29) is 6.61 Å². The SMILES string of the molecule is COC[C@H]1O[C@@H](O[C@H]2[C@@H](OC)O[C@H](COC)[C@@H](OC)[C@@H]2OC)[C@H](OC)[C@@H](OC)[C@H]1OC. The van der Waals surface area contributed by atoms with Crippen LogP contribution in [0.15, 0.2) is 0 Å². The highest BCUT2D eigenvalue weighted by molar-refractivity contribution is 4.96. The van der Waals surface area contributed by atoms with E-state index in [0.29, 0.717) is 6.61 Å². The van der Waals surface area contributed by atoms with Crippen molar-refractivity contribution in [1.29, 1.82) is 0 Å². The molecule has 2 aliphatic rings. The van der Waals surface area contributed by atoms with Gasteiger partial charge >= 0.3 is 0 Å². The molecule has 10 atom stereocenters. The summed E-state index contributed by atoms with van der Waals surface area (Å²) in [5.41, 5.74) is 0. The lowest BCUT2D eigenvalue weighted by molar-refractivity contribution is -0.372. The van der Waals surface area contributed by atoms with E-state index in [1.54, 1.807) is 49.8 Å². The maximum atomic E-state index is 6.37. The zero-order valence-electron chi connectivity index (χ0n) is 19.7. The van der Waals surface area contributed by atoms with Crippen molar-refractivity contribution < 1.29 is 52.1 Å². The largest absolute Gasteiger partial charge is 0.382 e. The van der Waals surface area contributed by atoms with Crippen molar-refractivity contribution in [1.82, 2.24) is 0 Å². The van der Waals surface area contributed by atoms with E-state index in [0.717, 1.165) is 0 Å². The van der Waals surface area contributed by atoms with Gasteiger partial charge < -0.3 is 52.1 Å². The minimum absolute atomic E-state index is 0.286. The molecule has 0 aromatic carbocycles. The Balaban J connectivity index is 2.30. The normalized spacial score (nSPS) is 41.4. The molecule has 0 unspecified atom stereocenters. The van der Waals surface area contributed by atoms with Crippen LogP contribution in [0.5, 0.6) is 0 Å². The first-order valence-electron chi connectivity index (χ1n) is 10.2. The van der Waals surface area contributed by atoms with Crippen molar-refractivity contribution in [3.05, 3.63) is 0 Å². The summed E-state index contributed by atoms with van der Waals surface area (Å²) >= 11 is 0. The van der Waals surface area contributed by atoms with Crippen LogP contribution >= 0.6 is 0 Å². The number of methoxy groups -OCH3 is 8. The molecule has 2 rings (SSSR count). The first kappa shape index (κ1) is 26.8. The Labute approximate surface area is 184 Å². The van der Waals surface area contributed by atoms with Crippen LogP contribution in [-0.4, -0.2) is 132 Å². The summed E-state index contributed by atoms with van der Waals surface area (Å²) in [6.45, 7) is 0.594. The van der Waals surface area contributed by atoms with Crippen molar-refractivity contribution in [3.8, 4) is 0 Å². The van der Waals surface area contributed by atoms with Gasteiger partial charge in [0.05, 0.1) is 13.2 Å². The Morgan fingerprint density at radius 3 is 1.26 bits per heavy atom. The third kappa shape index (κ3) is 5.92. The predicted octanol–water partition coefficient (Wildman–Crippen LogP) is -0.164. The standard InChI is InChI=1S/C20H38O11/c1-21-9-11-14(24-4)16(26-6)18(19(28-8)29-11)31-20-17(27-7)15(25-5)13(23-3)12(30-20)10-22-2/h11-20H,9-10H2,1-8H3/t11-,12-,13+,14-,15+,16+,17-,18-,19+,20+/m1/s1. The van der Waals surface area contributed by atoms with Gasteiger partial charge in [0.1, 0.15) is 48.8 Å². The first-order valence-corrected chi connectivity index (χ1v) is 10.2. The van der Waals surface area contributed by atoms with E-state index >= 15 is 0 Å². The summed E-state index contributed by atoms with van der Waals surface area (Å²) in [5, 5.41) is 0. The molecule has 184 valence electrons. The van der Waals surface area contributed by atoms with Crippen LogP contribution in [0.25, 0.3) is 0 Å². The van der Waals surface area contributed by atoms with Crippen LogP contribution in [0.4, 0.5) is 0 Å². The van der Waals surface area contributed by atoms with E-state index in [9.17, 15) is 0 Å². The minimum Gasteiger partial charge on any atom is -0.382 e. The number of hydrogen-bond acceptors (Lipinski definition) is 11. The van der Waals surface area contributed by atoms with Crippen LogP contribution in [-0.2, 0) is 52.1 Å². The molecule has 0 spiro atoms. The minimum atomic E-state index is -0.832. The number of hydrogen-bond donors (Lipinski definition) is 0. The zero-order valence-corrected chi connectivity index (χ0v) is 19.7. The van der Waals surface area contributed by atoms with Gasteiger partial charge in [-0.15, -0.1) is 0 Å². The van der Waals surface area contributed by atoms with Gasteiger partial charge in [0.15, 0.2) is 12.6 Å². The van der Waals surface area contributed by atoms with Gasteiger partial charge in [-0.05, 0) is 0 Å². The van der Waals surface area contributed by atoms with Gasteiger partial charge in [-0.1, -0.05) is 0 Å². The van der Waals surface area contributed by atoms with Crippen molar-refractivity contribution >= 4 is 0 Å². The molecule has 0 bridgehead atoms. The van der Waals surface area contributed by atoms with Gasteiger partial charge in [0, 0.05) is 56.9 Å². The van der Waals surface area contributed by atoms with Gasteiger partial charge in [0.2, 0.25) is 0 Å². The second kappa shape index (κ2) is 13.3. The third-order valence-corrected chi connectivity index (χ3v) is 5.73. The molecular formula is C20H38O11. The van der Waals surface area contributed by atoms with Crippen molar-refractivity contribution in [2.24, 2.45) is 0 Å². The van der Waals surface area contributed by atoms with Crippen molar-refractivity contribution in [2.75, 3.05) is 70.1 Å². The summed E-state index contributed by atoms with van der Waals surface area (Å²) in [4.78, 5) is 0. The molecule has 0 aliphatic carbocycles. The molecule has 0 radical (unpaired) electrons. The highest BCUT2D eigenvalue weighted by Gasteiger charge is 2.53. The Morgan fingerprint density at radius 1 is 0.452 bits per heavy atom. The molecular weight excluding hydrogens is 416 g/mol. The van der Waals surface area contributed by atoms with Gasteiger partial charge in [-0.3, -0.25) is 0 Å². The highest BCUT2D eigenvalue weighted by Crippen LogP contribution is 2.33. The Kier molecular flexibility index (Phi) is 11.5. The van der Waals surface area contributed by atoms with Gasteiger partial charge in [-0.2, -0.15) is 0 Å². The van der Waals surface area contributed by atoms with E-state index in [1.165, 1.54) is 7.11 Å². The average Bonchev–Trinajstić information content (AvgIpc) is 2.78. The predicted molar refractivity (Wildman–Crippen MR) is 107 cm³/mol. The fraction of sp³-hybridized carbons (Fsp3) is 1.00. The number of rotatable bonds is 12. The molecule has 2 fully saturated rings. The van der Waals surface area contributed by atoms with E-state index in [2.05, 4.69) is 0 Å². The second-order valence-corrected chi connectivity index (χ2v) is 7.33. The molecule has 31 heavy (non-hydrogen) atoms. The third-order valence-electron chi connectivity index (χ3n) is 5.73. The van der Waals surface area contributed by atoms with Crippen LogP contribution in [0.1, 0.15) is 0 Å². The van der Waals surface area contributed by atoms with Gasteiger partial charge in [0.25, 0.3) is 0 Å². The lowest BCUT2D eigenvalue weighted by Crippen LogP contribution is -2.66. The molecule has 2 heterocycles. The maximum Gasteiger partial charge on any atom is 0.187 e. The summed E-state index contributed by atoms with van der Waals surface area (Å²) in [6.07, 6.45) is -5.54. The molecule has 11 nitrogen and oxygen atoms in total. The molecule has 2 saturated heterocycles. The Hall–Kier alpha value is -0.440. The van der Waals surface area contributed by atoms with E-state index < -0.39 is 61.4 Å². The van der Waals surface area contributed by atoms with Crippen LogP contribution in [0.3, 0.4) is 0 Å². The molecule has 0 aromatic rings. The van der Waals surface area contributed by atoms with Gasteiger partial charge in [-0.25, -0.2) is 0 Å². The monoisotopic (exact) mass is 454 g/mol. The summed E-state index contributed by atoms with van der Waals surface area (Å²) in [5.74, 6) is 0. The fourth-order valence-electron chi connectivity index (χ4n) is 4.31. The first-order chi connectivity index (χ1) is 15.0. The molecule has 0 saturated carbocycles. The lowest BCUT2D eigenvalue weighted by Gasteiger charge is -2.49. The van der Waals surface area contributed by atoms with Crippen molar-refractivity contribution in [2.45, 2.75) is 61.4 Å². The van der Waals surface area contributed by atoms with E-state index in [4.69, 9.17) is 52.1 Å². The second-order valence-electron chi connectivity index (χ2n) is 7.33. The van der Waals surface area contributed by atoms with Crippen LogP contribution < -0.4 is 0 Å². The quantitative estimate of drug-likeness (QED) is 0.393. The zero-order chi connectivity index (χ0) is 23.0. The Bertz CT molecular complexity index is 496. The molecule has 0 amide bonds. The van der Waals surface area contributed by atoms with E-state index in [1.807, 2.05) is 0 Å². The topological polar surface area (TPSA) is 102 Å². The average molecular weight is 455 g/mol. The van der Waals surface area contributed by atoms with Crippen molar-refractivity contribution in [3.63, 3.8) is 0 Å². The fourth-order valence-corrected chi connectivity index (χ4v) is 4.31. The molecule has 0 aromatic heterocycles. The lowest BCUT2D eigenvalue weighted by atomic mass is 9.96. The van der Waals surface area contributed by atoms with Crippen LogP contribution in [0, 0.1) is 0 Å². The van der Waals surface area contributed by atoms with Crippen LogP contribution in [0.2, 0.25) is 0 Å². The highest BCUT2D eigenvalue weighted by atomic mass is 16.8. The maximum absolute atomic E-state index is 6.37. The molecule has 0 N–H and O–H groups in total. The summed E-state index contributed by atoms with van der Waals surface area (Å²) < 4.78 is 63.2. The summed E-state index contributed by atoms with van der Waals surface area (Å²) in [7, 11) is 12.6. The number of ether oxygens (including phenoxy) is 11. The summed E-state index contributed by atoms with van der Waals surface area (Å²) in [6, 6.07) is 0. The molecule has 2 aliphatic heterocycles. The molecule has 11 heteroatoms. The Morgan fingerprint density at radius 2 is 0.871 bits per heavy atom. The smallest absolute Gasteiger partial charge is 0.187 e.